The SMILES string of the molecule is Nc1cccc(Cl)c1SCc1cc(C(=O)O)ccc1F. The molecule has 3 N–H and O–H groups in total. The van der Waals surface area contributed by atoms with Gasteiger partial charge in [-0.05, 0) is 35.9 Å². The summed E-state index contributed by atoms with van der Waals surface area (Å²) in [4.78, 5) is 11.5. The number of hydrogen-bond donors (Lipinski definition) is 2. The molecule has 0 spiro atoms. The van der Waals surface area contributed by atoms with Crippen LogP contribution in [0.1, 0.15) is 15.9 Å². The number of carbonyl (C=O) groups is 1. The summed E-state index contributed by atoms with van der Waals surface area (Å²) in [5.41, 5.74) is 6.67. The molecule has 2 aromatic carbocycles. The Morgan fingerprint density at radius 1 is 1.35 bits per heavy atom. The van der Waals surface area contributed by atoms with Gasteiger partial charge in [-0.15, -0.1) is 11.8 Å². The summed E-state index contributed by atoms with van der Waals surface area (Å²) >= 11 is 7.30. The van der Waals surface area contributed by atoms with Crippen LogP contribution in [0.3, 0.4) is 0 Å². The molecule has 0 radical (unpaired) electrons. The Kier molecular flexibility index (Phi) is 4.52. The predicted molar refractivity (Wildman–Crippen MR) is 78.8 cm³/mol. The van der Waals surface area contributed by atoms with E-state index in [0.29, 0.717) is 21.2 Å². The molecule has 104 valence electrons. The average Bonchev–Trinajstić information content (AvgIpc) is 2.39. The normalized spacial score (nSPS) is 10.5. The molecule has 2 rings (SSSR count). The van der Waals surface area contributed by atoms with Crippen LogP contribution in [0.5, 0.6) is 0 Å². The summed E-state index contributed by atoms with van der Waals surface area (Å²) in [7, 11) is 0. The number of halogens is 2. The Morgan fingerprint density at radius 3 is 2.75 bits per heavy atom. The summed E-state index contributed by atoms with van der Waals surface area (Å²) in [6.45, 7) is 0. The first-order chi connectivity index (χ1) is 9.49. The summed E-state index contributed by atoms with van der Waals surface area (Å²) < 4.78 is 13.7. The van der Waals surface area contributed by atoms with Crippen LogP contribution in [-0.2, 0) is 5.75 Å². The minimum atomic E-state index is -1.09. The minimum Gasteiger partial charge on any atom is -0.478 e. The van der Waals surface area contributed by atoms with E-state index in [4.69, 9.17) is 22.4 Å². The van der Waals surface area contributed by atoms with Crippen LogP contribution < -0.4 is 5.73 Å². The summed E-state index contributed by atoms with van der Waals surface area (Å²) in [6, 6.07) is 8.83. The van der Waals surface area contributed by atoms with Crippen molar-refractivity contribution in [3.63, 3.8) is 0 Å². The van der Waals surface area contributed by atoms with Gasteiger partial charge in [0.05, 0.1) is 10.6 Å². The minimum absolute atomic E-state index is 0.0501. The van der Waals surface area contributed by atoms with E-state index in [2.05, 4.69) is 0 Å². The third-order valence-corrected chi connectivity index (χ3v) is 4.29. The zero-order chi connectivity index (χ0) is 14.7. The van der Waals surface area contributed by atoms with Crippen molar-refractivity contribution >= 4 is 35.0 Å². The molecule has 6 heteroatoms. The lowest BCUT2D eigenvalue weighted by Crippen LogP contribution is -1.99. The molecule has 0 amide bonds. The Balaban J connectivity index is 2.23. The van der Waals surface area contributed by atoms with Crippen molar-refractivity contribution in [2.45, 2.75) is 10.6 Å². The van der Waals surface area contributed by atoms with Gasteiger partial charge in [0.2, 0.25) is 0 Å². The lowest BCUT2D eigenvalue weighted by atomic mass is 10.1. The molecule has 0 atom stereocenters. The zero-order valence-electron chi connectivity index (χ0n) is 10.3. The fraction of sp³-hybridized carbons (Fsp3) is 0.0714. The molecule has 0 saturated carbocycles. The van der Waals surface area contributed by atoms with Crippen molar-refractivity contribution in [2.75, 3.05) is 5.73 Å². The maximum Gasteiger partial charge on any atom is 0.335 e. The fourth-order valence-corrected chi connectivity index (χ4v) is 2.95. The number of nitrogens with two attached hydrogens (primary N) is 1. The van der Waals surface area contributed by atoms with Gasteiger partial charge in [0.15, 0.2) is 0 Å². The van der Waals surface area contributed by atoms with Gasteiger partial charge in [-0.2, -0.15) is 0 Å². The number of hydrogen-bond acceptors (Lipinski definition) is 3. The van der Waals surface area contributed by atoms with Crippen molar-refractivity contribution in [3.8, 4) is 0 Å². The third-order valence-electron chi connectivity index (χ3n) is 2.66. The van der Waals surface area contributed by atoms with Gasteiger partial charge < -0.3 is 10.8 Å². The first-order valence-electron chi connectivity index (χ1n) is 5.67. The van der Waals surface area contributed by atoms with E-state index in [-0.39, 0.29) is 11.3 Å². The first kappa shape index (κ1) is 14.7. The molecule has 0 bridgehead atoms. The van der Waals surface area contributed by atoms with Crippen LogP contribution in [0.2, 0.25) is 5.02 Å². The first-order valence-corrected chi connectivity index (χ1v) is 7.04. The predicted octanol–water partition coefficient (Wildman–Crippen LogP) is 4.05. The second-order valence-corrected chi connectivity index (χ2v) is 5.45. The Labute approximate surface area is 124 Å². The van der Waals surface area contributed by atoms with Crippen LogP contribution in [0.15, 0.2) is 41.3 Å². The van der Waals surface area contributed by atoms with Crippen molar-refractivity contribution in [3.05, 3.63) is 58.4 Å². The van der Waals surface area contributed by atoms with Gasteiger partial charge in [-0.3, -0.25) is 0 Å². The van der Waals surface area contributed by atoms with E-state index < -0.39 is 11.8 Å². The van der Waals surface area contributed by atoms with Crippen LogP contribution in [0.25, 0.3) is 0 Å². The highest BCUT2D eigenvalue weighted by Gasteiger charge is 2.11. The highest BCUT2D eigenvalue weighted by Crippen LogP contribution is 2.34. The van der Waals surface area contributed by atoms with E-state index in [1.807, 2.05) is 0 Å². The molecular formula is C14H11ClFNO2S. The van der Waals surface area contributed by atoms with Crippen LogP contribution in [0.4, 0.5) is 10.1 Å². The van der Waals surface area contributed by atoms with Crippen molar-refractivity contribution in [1.82, 2.24) is 0 Å². The average molecular weight is 312 g/mol. The maximum absolute atomic E-state index is 13.7. The van der Waals surface area contributed by atoms with Crippen LogP contribution in [0, 0.1) is 5.82 Å². The summed E-state index contributed by atoms with van der Waals surface area (Å²) in [6.07, 6.45) is 0. The Bertz CT molecular complexity index is 643. The topological polar surface area (TPSA) is 63.3 Å². The quantitative estimate of drug-likeness (QED) is 0.660. The number of anilines is 1. The summed E-state index contributed by atoms with van der Waals surface area (Å²) in [5, 5.41) is 9.39. The zero-order valence-corrected chi connectivity index (χ0v) is 11.8. The molecule has 2 aromatic rings. The standard InChI is InChI=1S/C14H11ClFNO2S/c15-10-2-1-3-12(17)13(10)20-7-9-6-8(14(18)19)4-5-11(9)16/h1-6H,7,17H2,(H,18,19). The molecule has 3 nitrogen and oxygen atoms in total. The van der Waals surface area contributed by atoms with Gasteiger partial charge in [-0.1, -0.05) is 17.7 Å². The van der Waals surface area contributed by atoms with Crippen molar-refractivity contribution in [2.24, 2.45) is 0 Å². The number of carboxylic acid groups (broad SMARTS) is 1. The lowest BCUT2D eigenvalue weighted by molar-refractivity contribution is 0.0696. The molecule has 0 aliphatic rings. The number of thioether (sulfide) groups is 1. The highest BCUT2D eigenvalue weighted by molar-refractivity contribution is 7.98. The summed E-state index contributed by atoms with van der Waals surface area (Å²) in [5.74, 6) is -1.29. The number of rotatable bonds is 4. The van der Waals surface area contributed by atoms with Gasteiger partial charge in [-0.25, -0.2) is 9.18 Å². The highest BCUT2D eigenvalue weighted by atomic mass is 35.5. The molecule has 0 saturated heterocycles. The molecule has 0 unspecified atom stereocenters. The molecule has 0 aliphatic heterocycles. The monoisotopic (exact) mass is 311 g/mol. The van der Waals surface area contributed by atoms with Gasteiger partial charge in [0.25, 0.3) is 0 Å². The Hall–Kier alpha value is -1.72. The number of benzene rings is 2. The lowest BCUT2D eigenvalue weighted by Gasteiger charge is -2.08. The molecule has 20 heavy (non-hydrogen) atoms. The second kappa shape index (κ2) is 6.15. The van der Waals surface area contributed by atoms with Gasteiger partial charge >= 0.3 is 5.97 Å². The maximum atomic E-state index is 13.7. The fourth-order valence-electron chi connectivity index (χ4n) is 1.65. The molecule has 0 heterocycles. The van der Waals surface area contributed by atoms with Gasteiger partial charge in [0, 0.05) is 16.3 Å². The molecule has 0 fully saturated rings. The van der Waals surface area contributed by atoms with E-state index in [0.717, 1.165) is 6.07 Å². The third kappa shape index (κ3) is 3.23. The van der Waals surface area contributed by atoms with Crippen LogP contribution in [-0.4, -0.2) is 11.1 Å². The van der Waals surface area contributed by atoms with Crippen molar-refractivity contribution in [1.29, 1.82) is 0 Å². The molecular weight excluding hydrogens is 301 g/mol. The van der Waals surface area contributed by atoms with Crippen molar-refractivity contribution < 1.29 is 14.3 Å². The van der Waals surface area contributed by atoms with Gasteiger partial charge in [0.1, 0.15) is 5.82 Å². The smallest absolute Gasteiger partial charge is 0.335 e. The number of aromatic carboxylic acids is 1. The van der Waals surface area contributed by atoms with Crippen LogP contribution >= 0.6 is 23.4 Å². The Morgan fingerprint density at radius 2 is 2.10 bits per heavy atom. The number of carboxylic acids is 1. The van der Waals surface area contributed by atoms with E-state index >= 15 is 0 Å². The van der Waals surface area contributed by atoms with E-state index in [1.54, 1.807) is 18.2 Å². The molecule has 0 aliphatic carbocycles. The van der Waals surface area contributed by atoms with E-state index in [1.165, 1.54) is 23.9 Å². The largest absolute Gasteiger partial charge is 0.478 e. The van der Waals surface area contributed by atoms with E-state index in [9.17, 15) is 9.18 Å². The molecule has 0 aromatic heterocycles. The second-order valence-electron chi connectivity index (χ2n) is 4.06. The number of nitrogen functional groups attached to an aromatic ring is 1.